The second-order valence-electron chi connectivity index (χ2n) is 3.55. The molecule has 2 N–H and O–H groups in total. The van der Waals surface area contributed by atoms with E-state index in [0.29, 0.717) is 28.4 Å². The number of nitrogen functional groups attached to an aromatic ring is 1. The molecule has 3 aromatic rings. The first-order chi connectivity index (χ1) is 8.72. The van der Waals surface area contributed by atoms with Crippen molar-refractivity contribution in [2.45, 2.75) is 17.8 Å². The van der Waals surface area contributed by atoms with Crippen molar-refractivity contribution < 1.29 is 4.52 Å². The van der Waals surface area contributed by atoms with Gasteiger partial charge in [0.2, 0.25) is 5.89 Å². The van der Waals surface area contributed by atoms with Crippen molar-refractivity contribution in [2.24, 2.45) is 0 Å². The monoisotopic (exact) mass is 279 g/mol. The highest BCUT2D eigenvalue weighted by molar-refractivity contribution is 7.98. The Kier molecular flexibility index (Phi) is 2.88. The minimum atomic E-state index is 0.507. The van der Waals surface area contributed by atoms with Crippen LogP contribution in [0.1, 0.15) is 11.7 Å². The highest BCUT2D eigenvalue weighted by Gasteiger charge is 2.09. The van der Waals surface area contributed by atoms with E-state index in [9.17, 15) is 0 Å². The first-order valence-corrected chi connectivity index (χ1v) is 7.01. The number of fused-ring (bicyclic) bond motifs is 1. The lowest BCUT2D eigenvalue weighted by Gasteiger charge is -2.00. The van der Waals surface area contributed by atoms with Crippen molar-refractivity contribution >= 4 is 39.1 Å². The van der Waals surface area contributed by atoms with Gasteiger partial charge in [-0.1, -0.05) is 16.9 Å². The van der Waals surface area contributed by atoms with Crippen LogP contribution >= 0.6 is 23.1 Å². The summed E-state index contributed by atoms with van der Waals surface area (Å²) in [7, 11) is 0. The minimum absolute atomic E-state index is 0.507. The van der Waals surface area contributed by atoms with Gasteiger partial charge in [-0.3, -0.25) is 0 Å². The molecule has 0 aliphatic rings. The molecule has 3 heterocycles. The third-order valence-corrected chi connectivity index (χ3v) is 3.88. The van der Waals surface area contributed by atoms with E-state index >= 15 is 0 Å². The summed E-state index contributed by atoms with van der Waals surface area (Å²) in [6.45, 7) is 1.76. The molecule has 18 heavy (non-hydrogen) atoms. The molecule has 0 aromatic carbocycles. The van der Waals surface area contributed by atoms with Crippen molar-refractivity contribution in [3.8, 4) is 0 Å². The first kappa shape index (κ1) is 11.4. The number of nitrogens with two attached hydrogens (primary N) is 1. The molecule has 0 bridgehead atoms. The molecule has 0 saturated carbocycles. The van der Waals surface area contributed by atoms with Crippen LogP contribution in [0.4, 0.5) is 5.82 Å². The van der Waals surface area contributed by atoms with Crippen LogP contribution in [0.25, 0.3) is 10.2 Å². The third-order valence-electron chi connectivity index (χ3n) is 2.23. The lowest BCUT2D eigenvalue weighted by Crippen LogP contribution is -1.95. The van der Waals surface area contributed by atoms with Gasteiger partial charge >= 0.3 is 0 Å². The van der Waals surface area contributed by atoms with Crippen molar-refractivity contribution in [1.29, 1.82) is 0 Å². The number of hydrogen-bond acceptors (Lipinski definition) is 8. The third kappa shape index (κ3) is 2.16. The van der Waals surface area contributed by atoms with Crippen LogP contribution in [0.3, 0.4) is 0 Å². The van der Waals surface area contributed by atoms with E-state index in [-0.39, 0.29) is 0 Å². The number of anilines is 1. The van der Waals surface area contributed by atoms with Crippen LogP contribution in [0.5, 0.6) is 0 Å². The van der Waals surface area contributed by atoms with E-state index in [1.54, 1.807) is 18.3 Å². The molecule has 3 rings (SSSR count). The van der Waals surface area contributed by atoms with Crippen molar-refractivity contribution in [3.05, 3.63) is 23.2 Å². The zero-order valence-corrected chi connectivity index (χ0v) is 11.1. The Morgan fingerprint density at radius 2 is 2.28 bits per heavy atom. The minimum Gasteiger partial charge on any atom is -0.383 e. The molecule has 0 atom stereocenters. The van der Waals surface area contributed by atoms with Gasteiger partial charge in [-0.2, -0.15) is 4.98 Å². The second kappa shape index (κ2) is 4.54. The first-order valence-electron chi connectivity index (χ1n) is 5.15. The summed E-state index contributed by atoms with van der Waals surface area (Å²) in [4.78, 5) is 13.7. The maximum absolute atomic E-state index is 5.87. The van der Waals surface area contributed by atoms with E-state index in [4.69, 9.17) is 10.3 Å². The fourth-order valence-electron chi connectivity index (χ4n) is 1.45. The van der Waals surface area contributed by atoms with Crippen LogP contribution in [-0.4, -0.2) is 20.1 Å². The molecule has 0 unspecified atom stereocenters. The fourth-order valence-corrected chi connectivity index (χ4v) is 2.98. The number of aryl methyl sites for hydroxylation is 1. The van der Waals surface area contributed by atoms with Crippen molar-refractivity contribution in [3.63, 3.8) is 0 Å². The van der Waals surface area contributed by atoms with E-state index < -0.39 is 0 Å². The summed E-state index contributed by atoms with van der Waals surface area (Å²) in [6, 6.07) is 1.92. The number of aromatic nitrogens is 4. The normalized spacial score (nSPS) is 11.2. The highest BCUT2D eigenvalue weighted by Crippen LogP contribution is 2.27. The van der Waals surface area contributed by atoms with Gasteiger partial charge in [0.15, 0.2) is 11.0 Å². The van der Waals surface area contributed by atoms with Gasteiger partial charge in [0.05, 0.1) is 11.1 Å². The molecule has 0 aliphatic carbocycles. The van der Waals surface area contributed by atoms with E-state index in [1.807, 2.05) is 11.4 Å². The summed E-state index contributed by atoms with van der Waals surface area (Å²) >= 11 is 2.99. The predicted octanol–water partition coefficient (Wildman–Crippen LogP) is 2.26. The van der Waals surface area contributed by atoms with Crippen molar-refractivity contribution in [2.75, 3.05) is 5.73 Å². The van der Waals surface area contributed by atoms with Crippen LogP contribution in [0.15, 0.2) is 21.1 Å². The molecule has 3 aromatic heterocycles. The van der Waals surface area contributed by atoms with Gasteiger partial charge in [0.25, 0.3) is 0 Å². The Morgan fingerprint density at radius 3 is 3.06 bits per heavy atom. The number of nitrogens with zero attached hydrogens (tertiary/aromatic N) is 4. The maximum atomic E-state index is 5.87. The van der Waals surface area contributed by atoms with Gasteiger partial charge in [-0.05, 0) is 11.4 Å². The molecule has 0 amide bonds. The number of hydrogen-bond donors (Lipinski definition) is 1. The molecule has 0 saturated heterocycles. The van der Waals surface area contributed by atoms with Gasteiger partial charge < -0.3 is 10.3 Å². The Morgan fingerprint density at radius 1 is 1.39 bits per heavy atom. The summed E-state index contributed by atoms with van der Waals surface area (Å²) in [5.41, 5.74) is 5.87. The topological polar surface area (TPSA) is 90.7 Å². The molecule has 92 valence electrons. The molecular formula is C10H9N5OS2. The summed E-state index contributed by atoms with van der Waals surface area (Å²) in [5, 5.41) is 7.30. The van der Waals surface area contributed by atoms with Gasteiger partial charge in [0.1, 0.15) is 10.6 Å². The molecule has 0 spiro atoms. The van der Waals surface area contributed by atoms with E-state index in [1.165, 1.54) is 11.8 Å². The quantitative estimate of drug-likeness (QED) is 0.580. The van der Waals surface area contributed by atoms with E-state index in [0.717, 1.165) is 10.2 Å². The Bertz CT molecular complexity index is 692. The maximum Gasteiger partial charge on any atom is 0.223 e. The average Bonchev–Trinajstić information content (AvgIpc) is 2.95. The number of thiophene rings is 1. The van der Waals surface area contributed by atoms with Gasteiger partial charge in [-0.25, -0.2) is 9.97 Å². The second-order valence-corrected chi connectivity index (χ2v) is 5.39. The largest absolute Gasteiger partial charge is 0.383 e. The number of rotatable bonds is 3. The summed E-state index contributed by atoms with van der Waals surface area (Å²) in [6.07, 6.45) is 0. The SMILES string of the molecule is Cc1nc(CSc2nc(N)c3ccsc3n2)no1. The van der Waals surface area contributed by atoms with Gasteiger partial charge in [-0.15, -0.1) is 11.3 Å². The molecular weight excluding hydrogens is 270 g/mol. The Hall–Kier alpha value is -1.67. The van der Waals surface area contributed by atoms with Crippen LogP contribution in [0.2, 0.25) is 0 Å². The Balaban J connectivity index is 1.82. The average molecular weight is 279 g/mol. The Labute approximate surface area is 111 Å². The standard InChI is InChI=1S/C10H9N5OS2/c1-5-12-7(15-16-5)4-18-10-13-8(11)6-2-3-17-9(6)14-10/h2-3H,4H2,1H3,(H2,11,13,14). The predicted molar refractivity (Wildman–Crippen MR) is 70.4 cm³/mol. The smallest absolute Gasteiger partial charge is 0.223 e. The van der Waals surface area contributed by atoms with Crippen LogP contribution < -0.4 is 5.73 Å². The van der Waals surface area contributed by atoms with Crippen LogP contribution in [-0.2, 0) is 5.75 Å². The molecule has 6 nitrogen and oxygen atoms in total. The zero-order valence-electron chi connectivity index (χ0n) is 9.45. The van der Waals surface area contributed by atoms with Gasteiger partial charge in [0, 0.05) is 6.92 Å². The van der Waals surface area contributed by atoms with Crippen LogP contribution in [0, 0.1) is 6.92 Å². The summed E-state index contributed by atoms with van der Waals surface area (Å²) < 4.78 is 4.90. The lowest BCUT2D eigenvalue weighted by atomic mass is 10.4. The molecule has 0 radical (unpaired) electrons. The van der Waals surface area contributed by atoms with E-state index in [2.05, 4.69) is 20.1 Å². The molecule has 0 aliphatic heterocycles. The number of thioether (sulfide) groups is 1. The zero-order chi connectivity index (χ0) is 12.5. The lowest BCUT2D eigenvalue weighted by molar-refractivity contribution is 0.389. The molecule has 0 fully saturated rings. The molecule has 8 heteroatoms. The fraction of sp³-hybridized carbons (Fsp3) is 0.200. The van der Waals surface area contributed by atoms with Crippen molar-refractivity contribution in [1.82, 2.24) is 20.1 Å². The highest BCUT2D eigenvalue weighted by atomic mass is 32.2. The summed E-state index contributed by atoms with van der Waals surface area (Å²) in [5.74, 6) is 2.26.